The smallest absolute Gasteiger partial charge is 0.256 e. The highest BCUT2D eigenvalue weighted by molar-refractivity contribution is 6.45. The van der Waals surface area contributed by atoms with Crippen molar-refractivity contribution >= 4 is 46.4 Å². The first-order chi connectivity index (χ1) is 11.5. The minimum absolute atomic E-state index is 0.0806. The molecule has 0 aromatic heterocycles. The van der Waals surface area contributed by atoms with E-state index < -0.39 is 6.04 Å². The first-order valence-corrected chi connectivity index (χ1v) is 8.43. The van der Waals surface area contributed by atoms with E-state index in [1.807, 2.05) is 24.3 Å². The Morgan fingerprint density at radius 2 is 1.83 bits per heavy atom. The maximum Gasteiger partial charge on any atom is 0.256 e. The van der Waals surface area contributed by atoms with Crippen molar-refractivity contribution in [2.45, 2.75) is 25.8 Å². The Kier molecular flexibility index (Phi) is 4.78. The van der Waals surface area contributed by atoms with Gasteiger partial charge >= 0.3 is 0 Å². The maximum atomic E-state index is 12.6. The lowest BCUT2D eigenvalue weighted by Crippen LogP contribution is -2.35. The van der Waals surface area contributed by atoms with Gasteiger partial charge in [0.25, 0.3) is 5.91 Å². The number of anilines is 2. The Labute approximate surface area is 150 Å². The predicted molar refractivity (Wildman–Crippen MR) is 96.8 cm³/mol. The van der Waals surface area contributed by atoms with E-state index in [1.165, 1.54) is 5.56 Å². The normalized spacial score (nSPS) is 17.5. The van der Waals surface area contributed by atoms with Gasteiger partial charge in [0.05, 0.1) is 22.2 Å². The Hall–Kier alpha value is -2.04. The van der Waals surface area contributed by atoms with E-state index in [1.54, 1.807) is 18.2 Å². The van der Waals surface area contributed by atoms with Gasteiger partial charge in [-0.2, -0.15) is 0 Å². The number of carbonyl (C=O) groups is 2. The van der Waals surface area contributed by atoms with Gasteiger partial charge in [-0.25, -0.2) is 4.90 Å². The molecule has 1 atom stereocenters. The summed E-state index contributed by atoms with van der Waals surface area (Å²) < 4.78 is 0. The number of hydrogen-bond donors (Lipinski definition) is 1. The SMILES string of the molecule is CCc1ccc(N[C@H]2CC(=O)N(c3cccc(Cl)c3Cl)C2=O)cc1. The van der Waals surface area contributed by atoms with Crippen LogP contribution in [0.4, 0.5) is 11.4 Å². The van der Waals surface area contributed by atoms with E-state index in [2.05, 4.69) is 12.2 Å². The minimum atomic E-state index is -0.611. The standard InChI is InChI=1S/C18H16Cl2N2O2/c1-2-11-6-8-12(9-7-11)21-14-10-16(23)22(18(14)24)15-5-3-4-13(19)17(15)20/h3-9,14,21H,2,10H2,1H3/t14-/m0/s1. The number of aryl methyl sites for hydroxylation is 1. The van der Waals surface area contributed by atoms with Crippen LogP contribution in [0.2, 0.25) is 10.0 Å². The van der Waals surface area contributed by atoms with Crippen LogP contribution in [-0.4, -0.2) is 17.9 Å². The van der Waals surface area contributed by atoms with Crippen LogP contribution in [0.3, 0.4) is 0 Å². The van der Waals surface area contributed by atoms with Gasteiger partial charge in [-0.15, -0.1) is 0 Å². The van der Waals surface area contributed by atoms with Crippen molar-refractivity contribution in [3.8, 4) is 0 Å². The lowest BCUT2D eigenvalue weighted by Gasteiger charge is -2.18. The largest absolute Gasteiger partial charge is 0.373 e. The van der Waals surface area contributed by atoms with E-state index in [4.69, 9.17) is 23.2 Å². The molecule has 1 saturated heterocycles. The Balaban J connectivity index is 1.82. The van der Waals surface area contributed by atoms with Crippen molar-refractivity contribution in [3.63, 3.8) is 0 Å². The quantitative estimate of drug-likeness (QED) is 0.824. The fourth-order valence-electron chi connectivity index (χ4n) is 2.70. The lowest BCUT2D eigenvalue weighted by molar-refractivity contribution is -0.121. The van der Waals surface area contributed by atoms with Gasteiger partial charge in [-0.1, -0.05) is 48.3 Å². The van der Waals surface area contributed by atoms with Gasteiger partial charge < -0.3 is 5.32 Å². The molecule has 1 aliphatic rings. The molecule has 0 unspecified atom stereocenters. The van der Waals surface area contributed by atoms with Crippen molar-refractivity contribution in [2.24, 2.45) is 0 Å². The molecule has 3 rings (SSSR count). The summed E-state index contributed by atoms with van der Waals surface area (Å²) in [5.41, 5.74) is 2.34. The van der Waals surface area contributed by atoms with Crippen molar-refractivity contribution in [3.05, 3.63) is 58.1 Å². The van der Waals surface area contributed by atoms with Gasteiger partial charge in [0.1, 0.15) is 6.04 Å². The first kappa shape index (κ1) is 16.8. The molecular formula is C18H16Cl2N2O2. The van der Waals surface area contributed by atoms with Crippen molar-refractivity contribution in [1.82, 2.24) is 0 Å². The summed E-state index contributed by atoms with van der Waals surface area (Å²) in [5.74, 6) is -0.629. The molecule has 1 heterocycles. The first-order valence-electron chi connectivity index (χ1n) is 7.67. The molecule has 2 aromatic rings. The molecule has 0 spiro atoms. The van der Waals surface area contributed by atoms with Crippen LogP contribution in [-0.2, 0) is 16.0 Å². The van der Waals surface area contributed by atoms with Crippen molar-refractivity contribution in [2.75, 3.05) is 10.2 Å². The van der Waals surface area contributed by atoms with Crippen LogP contribution < -0.4 is 10.2 Å². The summed E-state index contributed by atoms with van der Waals surface area (Å²) in [6.45, 7) is 2.08. The lowest BCUT2D eigenvalue weighted by atomic mass is 10.1. The highest BCUT2D eigenvalue weighted by atomic mass is 35.5. The number of imide groups is 1. The molecule has 24 heavy (non-hydrogen) atoms. The summed E-state index contributed by atoms with van der Waals surface area (Å²) in [6.07, 6.45) is 1.03. The van der Waals surface area contributed by atoms with Crippen LogP contribution >= 0.6 is 23.2 Å². The number of rotatable bonds is 4. The zero-order valence-corrected chi connectivity index (χ0v) is 14.6. The Morgan fingerprint density at radius 1 is 1.12 bits per heavy atom. The highest BCUT2D eigenvalue weighted by Gasteiger charge is 2.40. The van der Waals surface area contributed by atoms with E-state index in [9.17, 15) is 9.59 Å². The minimum Gasteiger partial charge on any atom is -0.373 e. The van der Waals surface area contributed by atoms with E-state index in [0.717, 1.165) is 17.0 Å². The molecule has 4 nitrogen and oxygen atoms in total. The molecule has 6 heteroatoms. The molecule has 2 amide bonds. The molecule has 1 aliphatic heterocycles. The number of benzene rings is 2. The third kappa shape index (κ3) is 3.12. The zero-order chi connectivity index (χ0) is 17.3. The fourth-order valence-corrected chi connectivity index (χ4v) is 3.08. The van der Waals surface area contributed by atoms with Crippen LogP contribution in [0.25, 0.3) is 0 Å². The molecule has 124 valence electrons. The fraction of sp³-hybridized carbons (Fsp3) is 0.222. The maximum absolute atomic E-state index is 12.6. The number of nitrogens with one attached hydrogen (secondary N) is 1. The number of amides is 2. The highest BCUT2D eigenvalue weighted by Crippen LogP contribution is 2.35. The predicted octanol–water partition coefficient (Wildman–Crippen LogP) is 4.30. The number of carbonyl (C=O) groups excluding carboxylic acids is 2. The second-order valence-electron chi connectivity index (χ2n) is 5.59. The Bertz CT molecular complexity index is 790. The van der Waals surface area contributed by atoms with Gasteiger partial charge in [0.15, 0.2) is 0 Å². The topological polar surface area (TPSA) is 49.4 Å². The van der Waals surface area contributed by atoms with Crippen molar-refractivity contribution < 1.29 is 9.59 Å². The van der Waals surface area contributed by atoms with Crippen LogP contribution in [0.1, 0.15) is 18.9 Å². The molecule has 0 aliphatic carbocycles. The van der Waals surface area contributed by atoms with Gasteiger partial charge in [0.2, 0.25) is 5.91 Å². The number of hydrogen-bond acceptors (Lipinski definition) is 3. The zero-order valence-electron chi connectivity index (χ0n) is 13.1. The summed E-state index contributed by atoms with van der Waals surface area (Å²) >= 11 is 12.1. The summed E-state index contributed by atoms with van der Waals surface area (Å²) in [6, 6.07) is 12.1. The van der Waals surface area contributed by atoms with Crippen molar-refractivity contribution in [1.29, 1.82) is 0 Å². The number of nitrogens with zero attached hydrogens (tertiary/aromatic N) is 1. The summed E-state index contributed by atoms with van der Waals surface area (Å²) in [7, 11) is 0. The van der Waals surface area contributed by atoms with Crippen LogP contribution in [0.15, 0.2) is 42.5 Å². The second-order valence-corrected chi connectivity index (χ2v) is 6.38. The second kappa shape index (κ2) is 6.83. The molecular weight excluding hydrogens is 347 g/mol. The molecule has 0 bridgehead atoms. The van der Waals surface area contributed by atoms with Crippen LogP contribution in [0.5, 0.6) is 0 Å². The molecule has 2 aromatic carbocycles. The average molecular weight is 363 g/mol. The van der Waals surface area contributed by atoms with E-state index in [-0.39, 0.29) is 23.3 Å². The summed E-state index contributed by atoms with van der Waals surface area (Å²) in [5, 5.41) is 3.63. The third-order valence-electron chi connectivity index (χ3n) is 4.02. The van der Waals surface area contributed by atoms with E-state index in [0.29, 0.717) is 10.7 Å². The monoisotopic (exact) mass is 362 g/mol. The number of halogens is 2. The molecule has 1 N–H and O–H groups in total. The van der Waals surface area contributed by atoms with Gasteiger partial charge in [-0.3, -0.25) is 9.59 Å². The summed E-state index contributed by atoms with van der Waals surface area (Å²) in [4.78, 5) is 26.1. The van der Waals surface area contributed by atoms with Crippen LogP contribution in [0, 0.1) is 0 Å². The van der Waals surface area contributed by atoms with E-state index >= 15 is 0 Å². The van der Waals surface area contributed by atoms with Gasteiger partial charge in [0, 0.05) is 5.69 Å². The third-order valence-corrected chi connectivity index (χ3v) is 4.83. The molecule has 0 radical (unpaired) electrons. The Morgan fingerprint density at radius 3 is 2.50 bits per heavy atom. The van der Waals surface area contributed by atoms with Gasteiger partial charge in [-0.05, 0) is 36.2 Å². The molecule has 0 saturated carbocycles. The molecule has 1 fully saturated rings. The average Bonchev–Trinajstić information content (AvgIpc) is 2.85.